The number of carboxylic acid groups (broad SMARTS) is 1. The molecule has 8 heteroatoms. The predicted molar refractivity (Wildman–Crippen MR) is 107 cm³/mol. The lowest BCUT2D eigenvalue weighted by molar-refractivity contribution is -0.232. The maximum absolute atomic E-state index is 17.0. The smallest absolute Gasteiger partial charge is 0.478 e. The van der Waals surface area contributed by atoms with Crippen LogP contribution in [-0.2, 0) is 19.1 Å². The predicted octanol–water partition coefficient (Wildman–Crippen LogP) is 3.58. The average molecular weight is 438 g/mol. The van der Waals surface area contributed by atoms with Crippen LogP contribution in [0.3, 0.4) is 0 Å². The zero-order valence-electron chi connectivity index (χ0n) is 18.3. The molecule has 0 aromatic rings. The Bertz CT molecular complexity index is 855. The summed E-state index contributed by atoms with van der Waals surface area (Å²) in [5, 5.41) is 21.4. The number of halogens is 1. The van der Waals surface area contributed by atoms with E-state index in [9.17, 15) is 24.6 Å². The molecular weight excluding hydrogens is 407 g/mol. The lowest BCUT2D eigenvalue weighted by Gasteiger charge is -2.63. The number of carbonyl (C=O) groups is 3. The van der Waals surface area contributed by atoms with Crippen molar-refractivity contribution < 1.29 is 38.5 Å². The van der Waals surface area contributed by atoms with E-state index >= 15 is 4.39 Å². The van der Waals surface area contributed by atoms with Gasteiger partial charge in [0, 0.05) is 23.2 Å². The molecule has 4 rings (SSSR count). The Kier molecular flexibility index (Phi) is 5.04. The molecule has 0 radical (unpaired) electrons. The quantitative estimate of drug-likeness (QED) is 0.648. The van der Waals surface area contributed by atoms with Crippen LogP contribution in [0.25, 0.3) is 0 Å². The summed E-state index contributed by atoms with van der Waals surface area (Å²) < 4.78 is 27.3. The average Bonchev–Trinajstić information content (AvgIpc) is 2.97. The van der Waals surface area contributed by atoms with Gasteiger partial charge in [-0.05, 0) is 57.4 Å². The van der Waals surface area contributed by atoms with E-state index in [1.54, 1.807) is 26.8 Å². The van der Waals surface area contributed by atoms with Gasteiger partial charge in [-0.2, -0.15) is 0 Å². The van der Waals surface area contributed by atoms with Crippen molar-refractivity contribution in [3.63, 3.8) is 0 Å². The number of aliphatic hydroxyl groups excluding tert-OH is 1. The van der Waals surface area contributed by atoms with Crippen LogP contribution < -0.4 is 0 Å². The Morgan fingerprint density at radius 3 is 2.55 bits per heavy atom. The molecule has 3 saturated carbocycles. The third kappa shape index (κ3) is 2.69. The van der Waals surface area contributed by atoms with E-state index in [1.807, 2.05) is 0 Å². The Hall–Kier alpha value is -1.96. The number of allylic oxidation sites excluding steroid dienone is 1. The summed E-state index contributed by atoms with van der Waals surface area (Å²) >= 11 is 0. The molecule has 0 bridgehead atoms. The Labute approximate surface area is 181 Å². The summed E-state index contributed by atoms with van der Waals surface area (Å²) in [6.07, 6.45) is 0.822. The summed E-state index contributed by atoms with van der Waals surface area (Å²) in [5.41, 5.74) is -5.23. The Balaban J connectivity index is 1.77. The molecule has 7 atom stereocenters. The van der Waals surface area contributed by atoms with Crippen LogP contribution in [-0.4, -0.2) is 52.1 Å². The Morgan fingerprint density at radius 2 is 1.90 bits per heavy atom. The highest BCUT2D eigenvalue weighted by Gasteiger charge is 2.76. The zero-order chi connectivity index (χ0) is 22.8. The maximum atomic E-state index is 17.0. The second-order valence-corrected chi connectivity index (χ2v) is 10.1. The second kappa shape index (κ2) is 7.02. The van der Waals surface area contributed by atoms with Crippen molar-refractivity contribution in [3.8, 4) is 0 Å². The molecule has 0 amide bonds. The molecule has 0 aromatic carbocycles. The van der Waals surface area contributed by atoms with E-state index in [0.717, 1.165) is 5.57 Å². The van der Waals surface area contributed by atoms with Gasteiger partial charge < -0.3 is 19.7 Å². The van der Waals surface area contributed by atoms with Crippen molar-refractivity contribution in [2.45, 2.75) is 83.1 Å². The topological polar surface area (TPSA) is 110 Å². The monoisotopic (exact) mass is 438 g/mol. The molecule has 0 spiro atoms. The van der Waals surface area contributed by atoms with Crippen LogP contribution in [0.5, 0.6) is 0 Å². The molecule has 31 heavy (non-hydrogen) atoms. The molecule has 2 N–H and O–H groups in total. The first-order valence-corrected chi connectivity index (χ1v) is 11.2. The number of carboxylic acids is 1. The number of hydrogen-bond donors (Lipinski definition) is 2. The van der Waals surface area contributed by atoms with Crippen LogP contribution in [0, 0.1) is 22.7 Å². The second-order valence-electron chi connectivity index (χ2n) is 10.1. The molecule has 3 fully saturated rings. The van der Waals surface area contributed by atoms with Gasteiger partial charge in [0.1, 0.15) is 5.67 Å². The van der Waals surface area contributed by atoms with Gasteiger partial charge in [-0.3, -0.25) is 4.79 Å². The number of fused-ring (bicyclic) bond motifs is 5. The molecule has 0 heterocycles. The maximum Gasteiger partial charge on any atom is 0.509 e. The lowest BCUT2D eigenvalue weighted by atomic mass is 9.44. The normalized spacial score (nSPS) is 46.3. The van der Waals surface area contributed by atoms with E-state index < -0.39 is 46.2 Å². The van der Waals surface area contributed by atoms with E-state index in [4.69, 9.17) is 9.47 Å². The fourth-order valence-electron chi connectivity index (χ4n) is 7.41. The number of ketones is 1. The van der Waals surface area contributed by atoms with E-state index in [2.05, 4.69) is 0 Å². The minimum absolute atomic E-state index is 0.0155. The highest BCUT2D eigenvalue weighted by Crippen LogP contribution is 2.70. The molecule has 0 aliphatic heterocycles. The van der Waals surface area contributed by atoms with Gasteiger partial charge in [-0.1, -0.05) is 19.4 Å². The largest absolute Gasteiger partial charge is 0.509 e. The van der Waals surface area contributed by atoms with Crippen LogP contribution in [0.4, 0.5) is 9.18 Å². The molecule has 0 aromatic heterocycles. The number of alkyl halides is 1. The van der Waals surface area contributed by atoms with Crippen molar-refractivity contribution in [2.24, 2.45) is 22.7 Å². The number of ether oxygens (including phenoxy) is 2. The van der Waals surface area contributed by atoms with E-state index in [-0.39, 0.29) is 37.6 Å². The first-order chi connectivity index (χ1) is 14.5. The minimum atomic E-state index is -1.97. The molecule has 7 nitrogen and oxygen atoms in total. The summed E-state index contributed by atoms with van der Waals surface area (Å²) in [4.78, 5) is 36.5. The molecule has 4 aliphatic rings. The Morgan fingerprint density at radius 1 is 1.19 bits per heavy atom. The SMILES string of the molecule is CCOC(=O)O[C@]1(C(=O)O)CC[C@H]2[C@@H]3CCC4=CC(=O)CC[C@]4(C)[C@@]3(F)[C@@H](O)C[C@@]21C. The van der Waals surface area contributed by atoms with Crippen molar-refractivity contribution in [3.05, 3.63) is 11.6 Å². The van der Waals surface area contributed by atoms with Gasteiger partial charge in [0.05, 0.1) is 12.7 Å². The molecule has 0 unspecified atom stereocenters. The first-order valence-electron chi connectivity index (χ1n) is 11.2. The van der Waals surface area contributed by atoms with Gasteiger partial charge >= 0.3 is 12.1 Å². The third-order valence-corrected chi connectivity index (χ3v) is 9.03. The van der Waals surface area contributed by atoms with Crippen molar-refractivity contribution >= 4 is 17.9 Å². The highest BCUT2D eigenvalue weighted by molar-refractivity contribution is 5.91. The van der Waals surface area contributed by atoms with E-state index in [0.29, 0.717) is 25.7 Å². The standard InChI is InChI=1S/C23H31FO7/c1-4-30-19(29)31-22(18(27)28)10-8-15-16-6-5-13-11-14(25)7-9-20(13,2)23(16,24)17(26)12-21(15,22)3/h11,15-17,26H,4-10,12H2,1-3H3,(H,27,28)/t15-,16-,17-,20-,21-,22-,23-/m0/s1. The summed E-state index contributed by atoms with van der Waals surface area (Å²) in [5.74, 6) is -2.29. The fourth-order valence-corrected chi connectivity index (χ4v) is 7.41. The number of rotatable bonds is 3. The van der Waals surface area contributed by atoms with Gasteiger partial charge in [0.15, 0.2) is 5.78 Å². The highest BCUT2D eigenvalue weighted by atomic mass is 19.1. The number of aliphatic hydroxyl groups is 1. The van der Waals surface area contributed by atoms with Gasteiger partial charge in [0.2, 0.25) is 5.60 Å². The van der Waals surface area contributed by atoms with Gasteiger partial charge in [-0.25, -0.2) is 14.0 Å². The third-order valence-electron chi connectivity index (χ3n) is 9.03. The summed E-state index contributed by atoms with van der Waals surface area (Å²) in [6, 6.07) is 0. The van der Waals surface area contributed by atoms with Gasteiger partial charge in [0.25, 0.3) is 0 Å². The molecule has 4 aliphatic carbocycles. The summed E-state index contributed by atoms with van der Waals surface area (Å²) in [7, 11) is 0. The number of carbonyl (C=O) groups excluding carboxylic acids is 2. The van der Waals surface area contributed by atoms with Crippen LogP contribution in [0.1, 0.15) is 65.7 Å². The number of hydrogen-bond acceptors (Lipinski definition) is 6. The zero-order valence-corrected chi connectivity index (χ0v) is 18.3. The molecular formula is C23H31FO7. The van der Waals surface area contributed by atoms with Crippen molar-refractivity contribution in [1.82, 2.24) is 0 Å². The van der Waals surface area contributed by atoms with Crippen LogP contribution >= 0.6 is 0 Å². The fraction of sp³-hybridized carbons (Fsp3) is 0.783. The van der Waals surface area contributed by atoms with Crippen molar-refractivity contribution in [2.75, 3.05) is 6.61 Å². The summed E-state index contributed by atoms with van der Waals surface area (Å²) in [6.45, 7) is 5.12. The lowest BCUT2D eigenvalue weighted by Crippen LogP contribution is -2.69. The number of aliphatic carboxylic acids is 1. The van der Waals surface area contributed by atoms with Crippen LogP contribution in [0.2, 0.25) is 0 Å². The van der Waals surface area contributed by atoms with Crippen LogP contribution in [0.15, 0.2) is 11.6 Å². The minimum Gasteiger partial charge on any atom is -0.478 e. The van der Waals surface area contributed by atoms with Gasteiger partial charge in [-0.15, -0.1) is 0 Å². The van der Waals surface area contributed by atoms with E-state index in [1.165, 1.54) is 0 Å². The first kappa shape index (κ1) is 22.2. The van der Waals surface area contributed by atoms with Crippen molar-refractivity contribution in [1.29, 1.82) is 0 Å². The molecule has 0 saturated heterocycles. The molecule has 172 valence electrons.